The number of benzene rings is 3. The molecule has 0 unspecified atom stereocenters. The number of anilines is 1. The van der Waals surface area contributed by atoms with Crippen molar-refractivity contribution in [2.24, 2.45) is 5.10 Å². The van der Waals surface area contributed by atoms with Gasteiger partial charge in [0.1, 0.15) is 12.3 Å². The van der Waals surface area contributed by atoms with Crippen LogP contribution in [0.3, 0.4) is 0 Å². The van der Waals surface area contributed by atoms with Crippen molar-refractivity contribution in [3.05, 3.63) is 107 Å². The first-order valence-corrected chi connectivity index (χ1v) is 13.4. The molecule has 0 saturated heterocycles. The summed E-state index contributed by atoms with van der Waals surface area (Å²) in [5.41, 5.74) is 7.81. The third-order valence-corrected chi connectivity index (χ3v) is 7.87. The van der Waals surface area contributed by atoms with Gasteiger partial charge in [0.15, 0.2) is 0 Å². The molecule has 1 amide bonds. The van der Waals surface area contributed by atoms with Gasteiger partial charge in [-0.15, -0.1) is 0 Å². The van der Waals surface area contributed by atoms with E-state index >= 15 is 0 Å². The summed E-state index contributed by atoms with van der Waals surface area (Å²) in [5.74, 6) is -0.116. The van der Waals surface area contributed by atoms with Gasteiger partial charge in [0.25, 0.3) is 15.9 Å². The molecule has 0 aliphatic heterocycles. The van der Waals surface area contributed by atoms with E-state index in [1.165, 1.54) is 19.2 Å². The second-order valence-electron chi connectivity index (χ2n) is 8.82. The lowest BCUT2D eigenvalue weighted by Gasteiger charge is -2.24. The molecule has 4 aromatic rings. The molecule has 0 aliphatic rings. The molecule has 196 valence electrons. The van der Waals surface area contributed by atoms with Crippen molar-refractivity contribution in [2.75, 3.05) is 18.0 Å². The van der Waals surface area contributed by atoms with Gasteiger partial charge < -0.3 is 9.30 Å². The average Bonchev–Trinajstić information content (AvgIpc) is 3.20. The molecule has 0 spiro atoms. The van der Waals surface area contributed by atoms with Crippen LogP contribution in [0, 0.1) is 20.8 Å². The molecule has 0 fully saturated rings. The van der Waals surface area contributed by atoms with Crippen molar-refractivity contribution in [2.45, 2.75) is 25.7 Å². The van der Waals surface area contributed by atoms with Crippen molar-refractivity contribution >= 4 is 27.8 Å². The molecule has 0 aliphatic carbocycles. The van der Waals surface area contributed by atoms with E-state index in [4.69, 9.17) is 4.74 Å². The molecule has 1 aromatic heterocycles. The molecule has 8 nitrogen and oxygen atoms in total. The number of nitrogens with one attached hydrogen (secondary N) is 1. The third kappa shape index (κ3) is 5.78. The summed E-state index contributed by atoms with van der Waals surface area (Å²) in [4.78, 5) is 13.0. The lowest BCUT2D eigenvalue weighted by atomic mass is 10.2. The minimum atomic E-state index is -4.03. The number of hydrazone groups is 1. The molecular formula is C29H30N4O4S. The van der Waals surface area contributed by atoms with Crippen molar-refractivity contribution < 1.29 is 17.9 Å². The fraction of sp³-hybridized carbons (Fsp3) is 0.172. The smallest absolute Gasteiger partial charge is 0.264 e. The number of sulfonamides is 1. The molecule has 3 aromatic carbocycles. The Bertz CT molecular complexity index is 1580. The number of nitrogens with zero attached hydrogens (tertiary/aromatic N) is 3. The lowest BCUT2D eigenvalue weighted by Crippen LogP contribution is -2.39. The Morgan fingerprint density at radius 3 is 2.42 bits per heavy atom. The standard InChI is InChI=1S/C29H30N4O4S/c1-21-10-8-12-26(16-21)33-22(2)17-24(23(33)3)19-30-31-29(34)20-32(25-11-9-13-27(18-25)37-4)38(35,36)28-14-6-5-7-15-28/h5-19H,20H2,1-4H3,(H,31,34)/b30-19-. The average molecular weight is 531 g/mol. The number of hydrogen-bond acceptors (Lipinski definition) is 5. The monoisotopic (exact) mass is 530 g/mol. The van der Waals surface area contributed by atoms with Crippen LogP contribution in [0.2, 0.25) is 0 Å². The van der Waals surface area contributed by atoms with Crippen LogP contribution in [0.5, 0.6) is 5.75 Å². The molecule has 1 heterocycles. The molecule has 38 heavy (non-hydrogen) atoms. The lowest BCUT2D eigenvalue weighted by molar-refractivity contribution is -0.119. The zero-order chi connectivity index (χ0) is 27.3. The number of amides is 1. The van der Waals surface area contributed by atoms with Crippen LogP contribution in [0.25, 0.3) is 5.69 Å². The summed E-state index contributed by atoms with van der Waals surface area (Å²) in [5, 5.41) is 4.12. The first-order chi connectivity index (χ1) is 18.2. The molecule has 0 radical (unpaired) electrons. The number of carbonyl (C=O) groups is 1. The highest BCUT2D eigenvalue weighted by molar-refractivity contribution is 7.92. The highest BCUT2D eigenvalue weighted by atomic mass is 32.2. The zero-order valence-electron chi connectivity index (χ0n) is 21.8. The number of hydrogen-bond donors (Lipinski definition) is 1. The topological polar surface area (TPSA) is 93.0 Å². The normalized spacial score (nSPS) is 11.5. The largest absolute Gasteiger partial charge is 0.497 e. The first kappa shape index (κ1) is 26.7. The predicted octanol–water partition coefficient (Wildman–Crippen LogP) is 4.76. The molecule has 0 atom stereocenters. The zero-order valence-corrected chi connectivity index (χ0v) is 22.6. The maximum Gasteiger partial charge on any atom is 0.264 e. The van der Waals surface area contributed by atoms with E-state index in [1.54, 1.807) is 48.7 Å². The fourth-order valence-corrected chi connectivity index (χ4v) is 5.66. The molecular weight excluding hydrogens is 500 g/mol. The van der Waals surface area contributed by atoms with E-state index in [2.05, 4.69) is 21.2 Å². The Kier molecular flexibility index (Phi) is 7.97. The van der Waals surface area contributed by atoms with Crippen LogP contribution >= 0.6 is 0 Å². The van der Waals surface area contributed by atoms with Crippen LogP contribution in [0.4, 0.5) is 5.69 Å². The van der Waals surface area contributed by atoms with E-state index in [1.807, 2.05) is 45.0 Å². The molecule has 0 saturated carbocycles. The summed E-state index contributed by atoms with van der Waals surface area (Å²) in [7, 11) is -2.54. The quantitative estimate of drug-likeness (QED) is 0.250. The van der Waals surface area contributed by atoms with Crippen LogP contribution in [0.1, 0.15) is 22.5 Å². The third-order valence-electron chi connectivity index (χ3n) is 6.08. The Hall–Kier alpha value is -4.37. The van der Waals surface area contributed by atoms with E-state index in [0.717, 1.165) is 32.5 Å². The van der Waals surface area contributed by atoms with E-state index in [-0.39, 0.29) is 4.90 Å². The molecule has 9 heteroatoms. The Morgan fingerprint density at radius 1 is 0.974 bits per heavy atom. The predicted molar refractivity (Wildman–Crippen MR) is 150 cm³/mol. The highest BCUT2D eigenvalue weighted by Gasteiger charge is 2.27. The van der Waals surface area contributed by atoms with Gasteiger partial charge in [0.2, 0.25) is 0 Å². The van der Waals surface area contributed by atoms with Crippen LogP contribution in [-0.4, -0.2) is 38.8 Å². The highest BCUT2D eigenvalue weighted by Crippen LogP contribution is 2.27. The van der Waals surface area contributed by atoms with E-state index in [0.29, 0.717) is 11.4 Å². The summed E-state index contributed by atoms with van der Waals surface area (Å²) in [6.45, 7) is 5.56. The van der Waals surface area contributed by atoms with Gasteiger partial charge >= 0.3 is 0 Å². The number of rotatable bonds is 9. The Morgan fingerprint density at radius 2 is 1.71 bits per heavy atom. The number of aryl methyl sites for hydroxylation is 2. The van der Waals surface area contributed by atoms with Gasteiger partial charge in [-0.25, -0.2) is 13.8 Å². The molecule has 1 N–H and O–H groups in total. The van der Waals surface area contributed by atoms with Crippen molar-refractivity contribution in [3.63, 3.8) is 0 Å². The Labute approximate surface area is 223 Å². The SMILES string of the molecule is COc1cccc(N(CC(=O)N/N=C\c2cc(C)n(-c3cccc(C)c3)c2C)S(=O)(=O)c2ccccc2)c1. The number of ether oxygens (including phenoxy) is 1. The first-order valence-electron chi connectivity index (χ1n) is 12.0. The van der Waals surface area contributed by atoms with Gasteiger partial charge in [-0.1, -0.05) is 36.4 Å². The van der Waals surface area contributed by atoms with Crippen LogP contribution < -0.4 is 14.5 Å². The summed E-state index contributed by atoms with van der Waals surface area (Å²) in [6.07, 6.45) is 1.56. The van der Waals surface area contributed by atoms with Gasteiger partial charge in [0.05, 0.1) is 23.9 Å². The van der Waals surface area contributed by atoms with Gasteiger partial charge in [0, 0.05) is 28.7 Å². The molecule has 4 rings (SSSR count). The van der Waals surface area contributed by atoms with Crippen molar-refractivity contribution in [3.8, 4) is 11.4 Å². The summed E-state index contributed by atoms with van der Waals surface area (Å²) >= 11 is 0. The van der Waals surface area contributed by atoms with Crippen LogP contribution in [-0.2, 0) is 14.8 Å². The maximum absolute atomic E-state index is 13.5. The van der Waals surface area contributed by atoms with Crippen molar-refractivity contribution in [1.29, 1.82) is 0 Å². The second-order valence-corrected chi connectivity index (χ2v) is 10.7. The number of methoxy groups -OCH3 is 1. The molecule has 0 bridgehead atoms. The Balaban J connectivity index is 1.56. The van der Waals surface area contributed by atoms with E-state index in [9.17, 15) is 13.2 Å². The number of carbonyl (C=O) groups excluding carboxylic acids is 1. The van der Waals surface area contributed by atoms with Crippen LogP contribution in [0.15, 0.2) is 94.9 Å². The van der Waals surface area contributed by atoms with Gasteiger partial charge in [-0.05, 0) is 68.8 Å². The minimum Gasteiger partial charge on any atom is -0.497 e. The maximum atomic E-state index is 13.5. The van der Waals surface area contributed by atoms with Crippen molar-refractivity contribution in [1.82, 2.24) is 9.99 Å². The van der Waals surface area contributed by atoms with Gasteiger partial charge in [-0.3, -0.25) is 9.10 Å². The summed E-state index contributed by atoms with van der Waals surface area (Å²) < 4.78 is 35.4. The number of aromatic nitrogens is 1. The van der Waals surface area contributed by atoms with E-state index < -0.39 is 22.5 Å². The minimum absolute atomic E-state index is 0.0720. The summed E-state index contributed by atoms with van der Waals surface area (Å²) in [6, 6.07) is 24.7. The second kappa shape index (κ2) is 11.4. The van der Waals surface area contributed by atoms with Gasteiger partial charge in [-0.2, -0.15) is 5.10 Å². The fourth-order valence-electron chi connectivity index (χ4n) is 4.22.